The number of hydrogen-bond acceptors (Lipinski definition) is 5. The van der Waals surface area contributed by atoms with Gasteiger partial charge in [-0.05, 0) is 94.9 Å². The van der Waals surface area contributed by atoms with Crippen LogP contribution in [0.25, 0.3) is 50.0 Å². The third-order valence-corrected chi connectivity index (χ3v) is 13.9. The van der Waals surface area contributed by atoms with Crippen molar-refractivity contribution >= 4 is 55.9 Å². The minimum Gasteiger partial charge on any atom is -0.458 e. The van der Waals surface area contributed by atoms with Crippen LogP contribution in [0.1, 0.15) is 51.3 Å². The maximum atomic E-state index is 7.04. The van der Waals surface area contributed by atoms with Crippen LogP contribution in [0.4, 0.5) is 0 Å². The van der Waals surface area contributed by atoms with Gasteiger partial charge in [0.25, 0.3) is 13.0 Å². The van der Waals surface area contributed by atoms with E-state index in [1.165, 1.54) is 16.7 Å². The van der Waals surface area contributed by atoms with Crippen molar-refractivity contribution < 1.29 is 23.5 Å². The van der Waals surface area contributed by atoms with Crippen molar-refractivity contribution in [3.8, 4) is 63.2 Å². The number of hydrogen-bond donors (Lipinski definition) is 0. The molecule has 4 aliphatic rings. The van der Waals surface area contributed by atoms with Gasteiger partial charge in [-0.2, -0.15) is 0 Å². The Balaban J connectivity index is 0.968. The molecule has 4 aliphatic heterocycles. The molecule has 0 unspecified atom stereocenters. The number of fused-ring (bicyclic) bond motifs is 6. The predicted molar refractivity (Wildman–Crippen MR) is 251 cm³/mol. The summed E-state index contributed by atoms with van der Waals surface area (Å²) in [7, 11) is 0. The van der Waals surface area contributed by atoms with E-state index in [1.54, 1.807) is 0 Å². The first-order valence-electron chi connectivity index (χ1n) is 21.9. The lowest BCUT2D eigenvalue weighted by Crippen LogP contribution is -2.59. The van der Waals surface area contributed by atoms with Crippen LogP contribution in [-0.2, 0) is 10.8 Å². The molecule has 0 bridgehead atoms. The van der Waals surface area contributed by atoms with Gasteiger partial charge in [0, 0.05) is 45.5 Å². The van der Waals surface area contributed by atoms with Gasteiger partial charge in [-0.25, -0.2) is 4.98 Å². The molecule has 64 heavy (non-hydrogen) atoms. The van der Waals surface area contributed by atoms with Crippen molar-refractivity contribution in [3.05, 3.63) is 169 Å². The van der Waals surface area contributed by atoms with Crippen LogP contribution in [0.2, 0.25) is 0 Å². The van der Waals surface area contributed by atoms with Gasteiger partial charge < -0.3 is 18.9 Å². The quantitative estimate of drug-likeness (QED) is 0.100. The highest BCUT2D eigenvalue weighted by atomic mass is 16.5. The molecule has 7 aromatic carbocycles. The molecule has 7 heterocycles. The average molecular weight is 831 g/mol. The van der Waals surface area contributed by atoms with Gasteiger partial charge in [-0.1, -0.05) is 89.2 Å². The zero-order chi connectivity index (χ0) is 42.8. The van der Waals surface area contributed by atoms with Crippen LogP contribution < -0.4 is 39.9 Å². The standard InChI is InChI=1S/C55H39BN4O4/c1-54(2,3)31-24-25-57-47(26-31)60-39-27-33(61-34-21-23-36-40(28-34)59-30-58(32-12-7-6-8-13-32)38-15-9-14-37(52(38)59)55(36,4)5)20-22-35(39)48-41(60)29-46-51-53(48)64-45-19-11-17-43-50(45)56(51)49-42(62-43)16-10-18-44(49)63-46/h6-29H,1-5H3. The maximum Gasteiger partial charge on any atom is 0.270 e. The molecule has 9 heteroatoms. The van der Waals surface area contributed by atoms with E-state index in [9.17, 15) is 0 Å². The van der Waals surface area contributed by atoms with E-state index in [4.69, 9.17) is 23.9 Å². The minimum atomic E-state index is -0.251. The molecule has 0 aliphatic carbocycles. The second-order valence-corrected chi connectivity index (χ2v) is 18.9. The smallest absolute Gasteiger partial charge is 0.270 e. The zero-order valence-electron chi connectivity index (χ0n) is 35.9. The second kappa shape index (κ2) is 12.2. The molecule has 0 amide bonds. The fraction of sp³-hybridized carbons (Fsp3) is 0.127. The summed E-state index contributed by atoms with van der Waals surface area (Å²) in [5.74, 6) is 6.97. The number of rotatable bonds is 4. The lowest BCUT2D eigenvalue weighted by atomic mass is 9.34. The molecule has 8 nitrogen and oxygen atoms in total. The third kappa shape index (κ3) is 4.73. The number of para-hydroxylation sites is 2. The lowest BCUT2D eigenvalue weighted by molar-refractivity contribution is -0.572. The van der Waals surface area contributed by atoms with E-state index in [1.807, 2.05) is 48.7 Å². The molecule has 0 spiro atoms. The van der Waals surface area contributed by atoms with E-state index < -0.39 is 0 Å². The number of nitrogens with zero attached hydrogens (tertiary/aromatic N) is 4. The molecule has 3 aromatic heterocycles. The first-order valence-corrected chi connectivity index (χ1v) is 21.9. The number of aromatic nitrogens is 4. The fourth-order valence-corrected chi connectivity index (χ4v) is 10.8. The largest absolute Gasteiger partial charge is 0.458 e. The first kappa shape index (κ1) is 35.8. The van der Waals surface area contributed by atoms with Gasteiger partial charge in [-0.15, -0.1) is 0 Å². The summed E-state index contributed by atoms with van der Waals surface area (Å²) in [4.78, 5) is 5.04. The van der Waals surface area contributed by atoms with Crippen LogP contribution in [0, 0.1) is 6.33 Å². The number of ether oxygens (including phenoxy) is 4. The first-order chi connectivity index (χ1) is 31.1. The van der Waals surface area contributed by atoms with Crippen molar-refractivity contribution in [1.29, 1.82) is 0 Å². The van der Waals surface area contributed by atoms with Gasteiger partial charge in [0.15, 0.2) is 0 Å². The molecule has 0 saturated heterocycles. The molecule has 0 N–H and O–H groups in total. The molecular weight excluding hydrogens is 791 g/mol. The Morgan fingerprint density at radius 3 is 2.12 bits per heavy atom. The fourth-order valence-electron chi connectivity index (χ4n) is 10.8. The monoisotopic (exact) mass is 830 g/mol. The van der Waals surface area contributed by atoms with Gasteiger partial charge >= 0.3 is 0 Å². The highest BCUT2D eigenvalue weighted by Crippen LogP contribution is 2.49. The molecule has 306 valence electrons. The zero-order valence-corrected chi connectivity index (χ0v) is 35.9. The lowest BCUT2D eigenvalue weighted by Gasteiger charge is -2.37. The average Bonchev–Trinajstić information content (AvgIpc) is 3.85. The van der Waals surface area contributed by atoms with Crippen molar-refractivity contribution in [3.63, 3.8) is 0 Å². The maximum absolute atomic E-state index is 7.04. The minimum absolute atomic E-state index is 0.0986. The molecule has 0 atom stereocenters. The van der Waals surface area contributed by atoms with Crippen LogP contribution in [0.15, 0.2) is 146 Å². The highest BCUT2D eigenvalue weighted by molar-refractivity contribution is 6.99. The molecule has 14 rings (SSSR count). The molecular formula is C55H39BN4O4. The van der Waals surface area contributed by atoms with E-state index in [0.29, 0.717) is 5.75 Å². The van der Waals surface area contributed by atoms with Gasteiger partial charge in [-0.3, -0.25) is 13.7 Å². The summed E-state index contributed by atoms with van der Waals surface area (Å²) in [5, 5.41) is 2.01. The predicted octanol–water partition coefficient (Wildman–Crippen LogP) is 10.8. The topological polar surface area (TPSA) is 63.6 Å². The SMILES string of the molecule is CC(C)(C)c1ccnc(-n2c3cc(Oc4ccc5c(c4)-n4[c-][n+](-c6ccccc6)c6cccc(c64)C5(C)C)ccc3c3c4c5c(cc32)Oc2cccc3c2B5c2c(cccc2O4)O3)c1. The van der Waals surface area contributed by atoms with Crippen molar-refractivity contribution in [2.24, 2.45) is 0 Å². The normalized spacial score (nSPS) is 14.5. The Bertz CT molecular complexity index is 3690. The summed E-state index contributed by atoms with van der Waals surface area (Å²) >= 11 is 0. The Labute approximate surface area is 369 Å². The van der Waals surface area contributed by atoms with Crippen LogP contribution >= 0.6 is 0 Å². The summed E-state index contributed by atoms with van der Waals surface area (Å²) in [6.07, 6.45) is 5.62. The van der Waals surface area contributed by atoms with Gasteiger partial charge in [0.2, 0.25) is 0 Å². The molecule has 0 fully saturated rings. The van der Waals surface area contributed by atoms with E-state index >= 15 is 0 Å². The highest BCUT2D eigenvalue weighted by Gasteiger charge is 2.47. The van der Waals surface area contributed by atoms with E-state index in [2.05, 4.69) is 152 Å². The molecule has 0 saturated carbocycles. The second-order valence-electron chi connectivity index (χ2n) is 18.9. The molecule has 0 radical (unpaired) electrons. The van der Waals surface area contributed by atoms with Crippen LogP contribution in [0.5, 0.6) is 46.0 Å². The van der Waals surface area contributed by atoms with Crippen LogP contribution in [0.3, 0.4) is 0 Å². The summed E-state index contributed by atoms with van der Waals surface area (Å²) in [5.41, 5.74) is 12.6. The van der Waals surface area contributed by atoms with Crippen molar-refractivity contribution in [2.75, 3.05) is 0 Å². The summed E-state index contributed by atoms with van der Waals surface area (Å²) in [6, 6.07) is 48.4. The Hall–Kier alpha value is -7.78. The molecule has 10 aromatic rings. The van der Waals surface area contributed by atoms with Gasteiger partial charge in [0.05, 0.1) is 38.8 Å². The Morgan fingerprint density at radius 2 is 1.36 bits per heavy atom. The third-order valence-electron chi connectivity index (χ3n) is 13.9. The number of pyridine rings is 1. The summed E-state index contributed by atoms with van der Waals surface area (Å²) in [6.45, 7) is 11.2. The van der Waals surface area contributed by atoms with Crippen LogP contribution in [-0.4, -0.2) is 20.8 Å². The number of imidazole rings is 1. The summed E-state index contributed by atoms with van der Waals surface area (Å²) < 4.78 is 33.9. The van der Waals surface area contributed by atoms with E-state index in [0.717, 1.165) is 107 Å². The number of benzene rings is 7. The Kier molecular flexibility index (Phi) is 6.84. The van der Waals surface area contributed by atoms with Crippen molar-refractivity contribution in [1.82, 2.24) is 14.1 Å². The van der Waals surface area contributed by atoms with Crippen molar-refractivity contribution in [2.45, 2.75) is 45.4 Å². The Morgan fingerprint density at radius 1 is 0.656 bits per heavy atom. The van der Waals surface area contributed by atoms with E-state index in [-0.39, 0.29) is 17.5 Å². The van der Waals surface area contributed by atoms with Gasteiger partial charge in [0.1, 0.15) is 51.8 Å².